The fourth-order valence-corrected chi connectivity index (χ4v) is 1.92. The van der Waals surface area contributed by atoms with Crippen molar-refractivity contribution in [3.8, 4) is 0 Å². The topological polar surface area (TPSA) is 58.3 Å². The van der Waals surface area contributed by atoms with Crippen LogP contribution in [0.5, 0.6) is 0 Å². The van der Waals surface area contributed by atoms with Crippen molar-refractivity contribution in [2.45, 2.75) is 39.0 Å². The van der Waals surface area contributed by atoms with Crippen LogP contribution in [0.2, 0.25) is 0 Å². The lowest BCUT2D eigenvalue weighted by Crippen LogP contribution is -2.12. The molecule has 0 saturated carbocycles. The molecule has 0 unspecified atom stereocenters. The Kier molecular flexibility index (Phi) is 2.33. The minimum absolute atomic E-state index is 0.00870. The second kappa shape index (κ2) is 3.47. The Balaban J connectivity index is 2.44. The molecule has 1 aliphatic heterocycles. The Morgan fingerprint density at radius 2 is 2.08 bits per heavy atom. The first kappa shape index (κ1) is 8.72. The predicted octanol–water partition coefficient (Wildman–Crippen LogP) is 0.204. The lowest BCUT2D eigenvalue weighted by Gasteiger charge is -2.13. The molecule has 2 rings (SSSR count). The molecule has 4 nitrogen and oxygen atoms in total. The first-order chi connectivity index (χ1) is 6.36. The third-order valence-electron chi connectivity index (χ3n) is 2.59. The molecule has 0 spiro atoms. The Bertz CT molecular complexity index is 296. The monoisotopic (exact) mass is 182 g/mol. The maximum atomic E-state index is 9.13. The standard InChI is InChI=1S/C9H14N2O2/c12-5-7-8(6-13)10-11-4-2-1-3-9(7)11/h12-13H,1-6H2. The van der Waals surface area contributed by atoms with Crippen molar-refractivity contribution in [1.29, 1.82) is 0 Å². The minimum atomic E-state index is -0.0735. The number of aliphatic hydroxyl groups is 2. The van der Waals surface area contributed by atoms with Gasteiger partial charge in [-0.05, 0) is 19.3 Å². The second-order valence-corrected chi connectivity index (χ2v) is 3.37. The Morgan fingerprint density at radius 3 is 2.77 bits per heavy atom. The zero-order valence-electron chi connectivity index (χ0n) is 7.53. The van der Waals surface area contributed by atoms with Gasteiger partial charge in [-0.15, -0.1) is 0 Å². The van der Waals surface area contributed by atoms with Gasteiger partial charge < -0.3 is 10.2 Å². The maximum absolute atomic E-state index is 9.13. The van der Waals surface area contributed by atoms with E-state index >= 15 is 0 Å². The van der Waals surface area contributed by atoms with Crippen LogP contribution < -0.4 is 0 Å². The highest BCUT2D eigenvalue weighted by Gasteiger charge is 2.18. The second-order valence-electron chi connectivity index (χ2n) is 3.37. The van der Waals surface area contributed by atoms with Gasteiger partial charge in [-0.25, -0.2) is 0 Å². The quantitative estimate of drug-likeness (QED) is 0.687. The summed E-state index contributed by atoms with van der Waals surface area (Å²) in [5, 5.41) is 22.4. The van der Waals surface area contributed by atoms with E-state index in [0.29, 0.717) is 5.69 Å². The van der Waals surface area contributed by atoms with Gasteiger partial charge in [-0.1, -0.05) is 0 Å². The van der Waals surface area contributed by atoms with Crippen molar-refractivity contribution in [2.75, 3.05) is 0 Å². The van der Waals surface area contributed by atoms with Crippen LogP contribution in [0.3, 0.4) is 0 Å². The Hall–Kier alpha value is -0.870. The lowest BCUT2D eigenvalue weighted by molar-refractivity contribution is 0.257. The number of rotatable bonds is 2. The van der Waals surface area contributed by atoms with Crippen LogP contribution in [-0.2, 0) is 26.2 Å². The molecule has 0 amide bonds. The van der Waals surface area contributed by atoms with E-state index in [1.807, 2.05) is 4.68 Å². The van der Waals surface area contributed by atoms with Crippen molar-refractivity contribution in [2.24, 2.45) is 0 Å². The zero-order chi connectivity index (χ0) is 9.26. The number of aromatic nitrogens is 2. The van der Waals surface area contributed by atoms with Gasteiger partial charge >= 0.3 is 0 Å². The molecule has 0 aliphatic carbocycles. The van der Waals surface area contributed by atoms with Crippen LogP contribution >= 0.6 is 0 Å². The normalized spacial score (nSPS) is 15.8. The van der Waals surface area contributed by atoms with Gasteiger partial charge in [0.15, 0.2) is 0 Å². The third-order valence-corrected chi connectivity index (χ3v) is 2.59. The van der Waals surface area contributed by atoms with Crippen molar-refractivity contribution < 1.29 is 10.2 Å². The predicted molar refractivity (Wildman–Crippen MR) is 47.0 cm³/mol. The fourth-order valence-electron chi connectivity index (χ4n) is 1.92. The van der Waals surface area contributed by atoms with Gasteiger partial charge in [0.2, 0.25) is 0 Å². The summed E-state index contributed by atoms with van der Waals surface area (Å²) in [6, 6.07) is 0. The van der Waals surface area contributed by atoms with E-state index in [1.54, 1.807) is 0 Å². The van der Waals surface area contributed by atoms with Gasteiger partial charge in [0.1, 0.15) is 0 Å². The number of aliphatic hydroxyl groups excluding tert-OH is 2. The molecule has 0 radical (unpaired) electrons. The molecule has 0 atom stereocenters. The van der Waals surface area contributed by atoms with Gasteiger partial charge in [-0.3, -0.25) is 4.68 Å². The summed E-state index contributed by atoms with van der Waals surface area (Å²) >= 11 is 0. The molecule has 0 aromatic carbocycles. The van der Waals surface area contributed by atoms with Crippen molar-refractivity contribution >= 4 is 0 Å². The molecule has 4 heteroatoms. The average Bonchev–Trinajstić information content (AvgIpc) is 2.55. The molecule has 1 aromatic rings. The molecule has 1 aliphatic rings. The summed E-state index contributed by atoms with van der Waals surface area (Å²) in [5.74, 6) is 0. The minimum Gasteiger partial charge on any atom is -0.392 e. The smallest absolute Gasteiger partial charge is 0.0936 e. The first-order valence-corrected chi connectivity index (χ1v) is 4.66. The van der Waals surface area contributed by atoms with Crippen LogP contribution in [0.1, 0.15) is 29.8 Å². The van der Waals surface area contributed by atoms with E-state index in [9.17, 15) is 0 Å². The SMILES string of the molecule is OCc1nn2c(c1CO)CCCC2. The van der Waals surface area contributed by atoms with E-state index in [0.717, 1.165) is 37.1 Å². The zero-order valence-corrected chi connectivity index (χ0v) is 7.53. The maximum Gasteiger partial charge on any atom is 0.0936 e. The number of fused-ring (bicyclic) bond motifs is 1. The summed E-state index contributed by atoms with van der Waals surface area (Å²) in [4.78, 5) is 0. The van der Waals surface area contributed by atoms with E-state index in [-0.39, 0.29) is 13.2 Å². The van der Waals surface area contributed by atoms with Crippen LogP contribution in [-0.4, -0.2) is 20.0 Å². The van der Waals surface area contributed by atoms with Gasteiger partial charge in [0.05, 0.1) is 18.9 Å². The Labute approximate surface area is 76.8 Å². The summed E-state index contributed by atoms with van der Waals surface area (Å²) in [6.07, 6.45) is 3.27. The lowest BCUT2D eigenvalue weighted by atomic mass is 10.1. The van der Waals surface area contributed by atoms with Crippen LogP contribution in [0, 0.1) is 0 Å². The van der Waals surface area contributed by atoms with Crippen molar-refractivity contribution in [3.05, 3.63) is 17.0 Å². The number of nitrogens with zero attached hydrogens (tertiary/aromatic N) is 2. The molecule has 0 fully saturated rings. The van der Waals surface area contributed by atoms with Crippen LogP contribution in [0.4, 0.5) is 0 Å². The molecule has 13 heavy (non-hydrogen) atoms. The molecular weight excluding hydrogens is 168 g/mol. The molecule has 2 N–H and O–H groups in total. The molecule has 0 saturated heterocycles. The van der Waals surface area contributed by atoms with E-state index < -0.39 is 0 Å². The van der Waals surface area contributed by atoms with E-state index in [1.165, 1.54) is 0 Å². The Morgan fingerprint density at radius 1 is 1.23 bits per heavy atom. The largest absolute Gasteiger partial charge is 0.392 e. The fraction of sp³-hybridized carbons (Fsp3) is 0.667. The number of hydrogen-bond donors (Lipinski definition) is 2. The summed E-state index contributed by atoms with van der Waals surface area (Å²) in [6.45, 7) is 0.837. The highest BCUT2D eigenvalue weighted by atomic mass is 16.3. The van der Waals surface area contributed by atoms with Crippen LogP contribution in [0.15, 0.2) is 0 Å². The van der Waals surface area contributed by atoms with E-state index in [4.69, 9.17) is 10.2 Å². The van der Waals surface area contributed by atoms with Gasteiger partial charge in [0, 0.05) is 17.8 Å². The number of aryl methyl sites for hydroxylation is 1. The third kappa shape index (κ3) is 1.36. The molecule has 72 valence electrons. The van der Waals surface area contributed by atoms with Crippen molar-refractivity contribution in [3.63, 3.8) is 0 Å². The van der Waals surface area contributed by atoms with Gasteiger partial charge in [0.25, 0.3) is 0 Å². The summed E-state index contributed by atoms with van der Waals surface area (Å²) in [7, 11) is 0. The summed E-state index contributed by atoms with van der Waals surface area (Å²) < 4.78 is 1.92. The van der Waals surface area contributed by atoms with Crippen molar-refractivity contribution in [1.82, 2.24) is 9.78 Å². The average molecular weight is 182 g/mol. The van der Waals surface area contributed by atoms with Crippen LogP contribution in [0.25, 0.3) is 0 Å². The van der Waals surface area contributed by atoms with Gasteiger partial charge in [-0.2, -0.15) is 5.10 Å². The molecule has 0 bridgehead atoms. The molecule has 1 aromatic heterocycles. The molecular formula is C9H14N2O2. The highest BCUT2D eigenvalue weighted by molar-refractivity contribution is 5.26. The van der Waals surface area contributed by atoms with E-state index in [2.05, 4.69) is 5.10 Å². The summed E-state index contributed by atoms with van der Waals surface area (Å²) in [5.41, 5.74) is 2.58. The highest BCUT2D eigenvalue weighted by Crippen LogP contribution is 2.21. The first-order valence-electron chi connectivity index (χ1n) is 4.66. The number of hydrogen-bond acceptors (Lipinski definition) is 3. The molecule has 2 heterocycles.